The molecule has 1 saturated carbocycles. The lowest BCUT2D eigenvalue weighted by Crippen LogP contribution is -2.15. The van der Waals surface area contributed by atoms with Gasteiger partial charge in [0.2, 0.25) is 0 Å². The van der Waals surface area contributed by atoms with Gasteiger partial charge < -0.3 is 4.74 Å². The molecule has 3 rings (SSSR count). The van der Waals surface area contributed by atoms with E-state index in [4.69, 9.17) is 4.74 Å². The lowest BCUT2D eigenvalue weighted by Gasteiger charge is -2.28. The summed E-state index contributed by atoms with van der Waals surface area (Å²) in [6.45, 7) is 5.28. The van der Waals surface area contributed by atoms with E-state index >= 15 is 0 Å². The average molecular weight is 423 g/mol. The summed E-state index contributed by atoms with van der Waals surface area (Å²) < 4.78 is 5.75. The molecule has 1 fully saturated rings. The van der Waals surface area contributed by atoms with Gasteiger partial charge in [-0.05, 0) is 36.7 Å². The minimum Gasteiger partial charge on any atom is -0.490 e. The number of aryl methyl sites for hydroxylation is 1. The second-order valence-corrected chi connectivity index (χ2v) is 9.42. The molecule has 0 spiro atoms. The molecule has 3 nitrogen and oxygen atoms in total. The van der Waals surface area contributed by atoms with Gasteiger partial charge in [0.25, 0.3) is 0 Å². The summed E-state index contributed by atoms with van der Waals surface area (Å²) in [7, 11) is 0. The van der Waals surface area contributed by atoms with E-state index in [0.29, 0.717) is 0 Å². The van der Waals surface area contributed by atoms with Gasteiger partial charge in [-0.1, -0.05) is 102 Å². The number of ether oxygens (including phenoxy) is 1. The standard InChI is InChI=1S/C28H42N2O/c1-3-5-7-8-20-31-27-21-29-28(30-22-27)26-18-16-25(17-19-26)15-14-24-12-10-23(11-13-24)9-6-4-2/h16-19,21-24H,3-15,20H2,1-2H3/t23-,24-. The smallest absolute Gasteiger partial charge is 0.159 e. The summed E-state index contributed by atoms with van der Waals surface area (Å²) >= 11 is 0. The maximum atomic E-state index is 5.75. The van der Waals surface area contributed by atoms with Gasteiger partial charge in [0.05, 0.1) is 19.0 Å². The Bertz CT molecular complexity index is 718. The largest absolute Gasteiger partial charge is 0.490 e. The fourth-order valence-corrected chi connectivity index (χ4v) is 4.75. The van der Waals surface area contributed by atoms with Crippen LogP contribution in [0.15, 0.2) is 36.7 Å². The molecule has 1 heterocycles. The van der Waals surface area contributed by atoms with Crippen molar-refractivity contribution in [1.82, 2.24) is 9.97 Å². The van der Waals surface area contributed by atoms with Crippen LogP contribution in [-0.2, 0) is 6.42 Å². The number of hydrogen-bond acceptors (Lipinski definition) is 3. The molecule has 3 heteroatoms. The molecular weight excluding hydrogens is 380 g/mol. The van der Waals surface area contributed by atoms with Gasteiger partial charge in [0.1, 0.15) is 0 Å². The van der Waals surface area contributed by atoms with Crippen LogP contribution in [0.4, 0.5) is 0 Å². The topological polar surface area (TPSA) is 35.0 Å². The van der Waals surface area contributed by atoms with Crippen LogP contribution in [0, 0.1) is 11.8 Å². The molecule has 2 aromatic rings. The highest BCUT2D eigenvalue weighted by Crippen LogP contribution is 2.34. The lowest BCUT2D eigenvalue weighted by molar-refractivity contribution is 0.250. The third-order valence-corrected chi connectivity index (χ3v) is 6.88. The third-order valence-electron chi connectivity index (χ3n) is 6.88. The van der Waals surface area contributed by atoms with Crippen molar-refractivity contribution in [3.8, 4) is 17.1 Å². The zero-order valence-electron chi connectivity index (χ0n) is 19.8. The van der Waals surface area contributed by atoms with E-state index in [1.54, 1.807) is 12.4 Å². The van der Waals surface area contributed by atoms with E-state index in [-0.39, 0.29) is 0 Å². The quantitative estimate of drug-likeness (QED) is 0.306. The molecule has 1 aromatic carbocycles. The van der Waals surface area contributed by atoms with Crippen molar-refractivity contribution in [3.05, 3.63) is 42.2 Å². The number of hydrogen-bond donors (Lipinski definition) is 0. The molecule has 0 aliphatic heterocycles. The first-order valence-corrected chi connectivity index (χ1v) is 12.8. The zero-order valence-corrected chi connectivity index (χ0v) is 19.8. The second-order valence-electron chi connectivity index (χ2n) is 9.42. The fraction of sp³-hybridized carbons (Fsp3) is 0.643. The SMILES string of the molecule is CCCCCCOc1cnc(-c2ccc(CC[C@H]3CC[C@H](CCCC)CC3)cc2)nc1. The maximum absolute atomic E-state index is 5.75. The molecule has 0 unspecified atom stereocenters. The molecular formula is C28H42N2O. The van der Waals surface area contributed by atoms with Crippen molar-refractivity contribution >= 4 is 0 Å². The molecule has 1 aliphatic rings. The summed E-state index contributed by atoms with van der Waals surface area (Å²) in [5.41, 5.74) is 2.51. The van der Waals surface area contributed by atoms with Crippen LogP contribution < -0.4 is 4.74 Å². The van der Waals surface area contributed by atoms with Crippen LogP contribution in [0.25, 0.3) is 11.4 Å². The predicted octanol–water partition coefficient (Wildman–Crippen LogP) is 8.03. The highest BCUT2D eigenvalue weighted by molar-refractivity contribution is 5.55. The highest BCUT2D eigenvalue weighted by atomic mass is 16.5. The number of rotatable bonds is 13. The van der Waals surface area contributed by atoms with Crippen LogP contribution in [0.1, 0.15) is 96.5 Å². The summed E-state index contributed by atoms with van der Waals surface area (Å²) in [5.74, 6) is 3.47. The first kappa shape index (κ1) is 23.8. The highest BCUT2D eigenvalue weighted by Gasteiger charge is 2.20. The average Bonchev–Trinajstić information content (AvgIpc) is 2.83. The van der Waals surface area contributed by atoms with Gasteiger partial charge >= 0.3 is 0 Å². The van der Waals surface area contributed by atoms with E-state index in [1.807, 2.05) is 0 Å². The summed E-state index contributed by atoms with van der Waals surface area (Å²) in [4.78, 5) is 9.01. The van der Waals surface area contributed by atoms with E-state index in [9.17, 15) is 0 Å². The van der Waals surface area contributed by atoms with Gasteiger partial charge in [-0.3, -0.25) is 0 Å². The second kappa shape index (κ2) is 13.5. The third kappa shape index (κ3) is 8.27. The van der Waals surface area contributed by atoms with Gasteiger partial charge in [-0.2, -0.15) is 0 Å². The number of benzene rings is 1. The Hall–Kier alpha value is -1.90. The number of aromatic nitrogens is 2. The summed E-state index contributed by atoms with van der Waals surface area (Å²) in [5, 5.41) is 0. The fourth-order valence-electron chi connectivity index (χ4n) is 4.75. The Morgan fingerprint density at radius 2 is 1.42 bits per heavy atom. The molecule has 0 saturated heterocycles. The van der Waals surface area contributed by atoms with Crippen LogP contribution >= 0.6 is 0 Å². The molecule has 0 bridgehead atoms. The minimum absolute atomic E-state index is 0.748. The van der Waals surface area contributed by atoms with Gasteiger partial charge in [0.15, 0.2) is 11.6 Å². The summed E-state index contributed by atoms with van der Waals surface area (Å²) in [6.07, 6.45) is 21.0. The maximum Gasteiger partial charge on any atom is 0.159 e. The Labute approximate surface area is 190 Å². The van der Waals surface area contributed by atoms with E-state index in [0.717, 1.165) is 42.0 Å². The van der Waals surface area contributed by atoms with Crippen molar-refractivity contribution in [2.24, 2.45) is 11.8 Å². The van der Waals surface area contributed by atoms with Gasteiger partial charge in [0, 0.05) is 5.56 Å². The summed E-state index contributed by atoms with van der Waals surface area (Å²) in [6, 6.07) is 8.84. The van der Waals surface area contributed by atoms with Crippen LogP contribution in [0.3, 0.4) is 0 Å². The normalized spacial score (nSPS) is 18.8. The van der Waals surface area contributed by atoms with Crippen molar-refractivity contribution in [1.29, 1.82) is 0 Å². The molecule has 170 valence electrons. The van der Waals surface area contributed by atoms with Crippen LogP contribution in [0.2, 0.25) is 0 Å². The van der Waals surface area contributed by atoms with Crippen LogP contribution in [-0.4, -0.2) is 16.6 Å². The van der Waals surface area contributed by atoms with Crippen molar-refractivity contribution in [3.63, 3.8) is 0 Å². The van der Waals surface area contributed by atoms with Crippen molar-refractivity contribution < 1.29 is 4.74 Å². The Kier molecular flexibility index (Phi) is 10.3. The molecule has 0 radical (unpaired) electrons. The molecule has 0 atom stereocenters. The molecule has 1 aromatic heterocycles. The van der Waals surface area contributed by atoms with E-state index < -0.39 is 0 Å². The monoisotopic (exact) mass is 422 g/mol. The van der Waals surface area contributed by atoms with Crippen molar-refractivity contribution in [2.45, 2.75) is 97.3 Å². The molecule has 0 amide bonds. The van der Waals surface area contributed by atoms with Gasteiger partial charge in [-0.15, -0.1) is 0 Å². The predicted molar refractivity (Wildman–Crippen MR) is 130 cm³/mol. The van der Waals surface area contributed by atoms with Gasteiger partial charge in [-0.25, -0.2) is 9.97 Å². The Morgan fingerprint density at radius 1 is 0.774 bits per heavy atom. The lowest BCUT2D eigenvalue weighted by atomic mass is 9.78. The number of nitrogens with zero attached hydrogens (tertiary/aromatic N) is 2. The zero-order chi connectivity index (χ0) is 21.7. The Balaban J connectivity index is 1.40. The molecule has 0 N–H and O–H groups in total. The van der Waals surface area contributed by atoms with Crippen LogP contribution in [0.5, 0.6) is 5.75 Å². The first-order chi connectivity index (χ1) is 15.3. The van der Waals surface area contributed by atoms with E-state index in [2.05, 4.69) is 48.1 Å². The van der Waals surface area contributed by atoms with E-state index in [1.165, 1.54) is 82.6 Å². The van der Waals surface area contributed by atoms with Crippen molar-refractivity contribution in [2.75, 3.05) is 6.61 Å². The first-order valence-electron chi connectivity index (χ1n) is 12.8. The molecule has 31 heavy (non-hydrogen) atoms. The Morgan fingerprint density at radius 3 is 2.06 bits per heavy atom. The minimum atomic E-state index is 0.748. The molecule has 1 aliphatic carbocycles. The number of unbranched alkanes of at least 4 members (excludes halogenated alkanes) is 4.